The monoisotopic (exact) mass is 436 g/mol. The zero-order chi connectivity index (χ0) is 22.7. The highest BCUT2D eigenvalue weighted by atomic mass is 32.1. The van der Waals surface area contributed by atoms with E-state index in [0.717, 1.165) is 0 Å². The molecule has 166 valence electrons. The Morgan fingerprint density at radius 2 is 1.38 bits per heavy atom. The van der Waals surface area contributed by atoms with Gasteiger partial charge in [0.15, 0.2) is 0 Å². The zero-order valence-corrected chi connectivity index (χ0v) is 17.0. The summed E-state index contributed by atoms with van der Waals surface area (Å²) < 4.78 is 0. The van der Waals surface area contributed by atoms with Crippen molar-refractivity contribution in [2.24, 2.45) is 11.7 Å². The van der Waals surface area contributed by atoms with Crippen LogP contribution in [0.15, 0.2) is 0 Å². The number of carbonyl (C=O) groups excluding carboxylic acids is 3. The van der Waals surface area contributed by atoms with Gasteiger partial charge in [-0.25, -0.2) is 4.79 Å². The molecule has 4 unspecified atom stereocenters. The van der Waals surface area contributed by atoms with E-state index in [1.807, 2.05) is 0 Å². The summed E-state index contributed by atoms with van der Waals surface area (Å²) in [5.74, 6) is -5.52. The highest BCUT2D eigenvalue weighted by Gasteiger charge is 2.30. The van der Waals surface area contributed by atoms with Crippen LogP contribution in [0.25, 0.3) is 0 Å². The van der Waals surface area contributed by atoms with Gasteiger partial charge in [0.05, 0.1) is 19.1 Å². The Hall–Kier alpha value is -2.38. The minimum atomic E-state index is -1.47. The van der Waals surface area contributed by atoms with E-state index < -0.39 is 66.9 Å². The van der Waals surface area contributed by atoms with Crippen molar-refractivity contribution in [2.75, 3.05) is 12.4 Å². The predicted octanol–water partition coefficient (Wildman–Crippen LogP) is -2.70. The normalized spacial score (nSPS) is 15.0. The number of aliphatic hydroxyl groups excluding tert-OH is 1. The van der Waals surface area contributed by atoms with E-state index in [4.69, 9.17) is 15.9 Å². The van der Waals surface area contributed by atoms with Crippen LogP contribution in [-0.2, 0) is 24.0 Å². The summed E-state index contributed by atoms with van der Waals surface area (Å²) in [7, 11) is 0. The average molecular weight is 436 g/mol. The van der Waals surface area contributed by atoms with Crippen molar-refractivity contribution in [1.82, 2.24) is 16.0 Å². The van der Waals surface area contributed by atoms with Crippen molar-refractivity contribution in [3.05, 3.63) is 0 Å². The van der Waals surface area contributed by atoms with Gasteiger partial charge in [0, 0.05) is 5.75 Å². The summed E-state index contributed by atoms with van der Waals surface area (Å²) in [4.78, 5) is 58.3. The first-order valence-electron chi connectivity index (χ1n) is 8.75. The third kappa shape index (κ3) is 10.1. The molecule has 0 bridgehead atoms. The average Bonchev–Trinajstić information content (AvgIpc) is 2.61. The van der Waals surface area contributed by atoms with Crippen LogP contribution >= 0.6 is 12.6 Å². The molecule has 0 aromatic heterocycles. The molecule has 0 aliphatic heterocycles. The number of amides is 3. The first-order chi connectivity index (χ1) is 13.4. The number of thiol groups is 1. The third-order valence-electron chi connectivity index (χ3n) is 3.68. The van der Waals surface area contributed by atoms with Crippen LogP contribution in [0, 0.1) is 5.92 Å². The van der Waals surface area contributed by atoms with Crippen LogP contribution in [0.3, 0.4) is 0 Å². The molecule has 13 heteroatoms. The maximum Gasteiger partial charge on any atom is 0.327 e. The summed E-state index contributed by atoms with van der Waals surface area (Å²) in [6.45, 7) is 2.71. The van der Waals surface area contributed by atoms with Gasteiger partial charge in [0.2, 0.25) is 17.7 Å². The Balaban J connectivity index is 5.17. The predicted molar refractivity (Wildman–Crippen MR) is 104 cm³/mol. The number of carboxylic acid groups (broad SMARTS) is 2. The number of aliphatic hydroxyl groups is 1. The van der Waals surface area contributed by atoms with Gasteiger partial charge in [-0.3, -0.25) is 19.2 Å². The second-order valence-electron chi connectivity index (χ2n) is 6.72. The number of nitrogens with one attached hydrogen (secondary N) is 3. The molecule has 0 spiro atoms. The standard InChI is InChI=1S/C16H28N4O8S/c1-7(2)3-9(18-13(24)8(17)4-12(22)23)14(25)19-10(5-21)15(26)20-11(6-29)16(27)28/h7-11,21,29H,3-6,17H2,1-2H3,(H,18,24)(H,19,25)(H,20,26)(H,22,23)(H,27,28). The van der Waals surface area contributed by atoms with E-state index >= 15 is 0 Å². The van der Waals surface area contributed by atoms with Crippen molar-refractivity contribution >= 4 is 42.3 Å². The molecule has 0 radical (unpaired) electrons. The molecular formula is C16H28N4O8S. The number of rotatable bonds is 13. The van der Waals surface area contributed by atoms with E-state index in [1.165, 1.54) is 0 Å². The van der Waals surface area contributed by atoms with Crippen molar-refractivity contribution in [3.8, 4) is 0 Å². The number of aliphatic carboxylic acids is 2. The van der Waals surface area contributed by atoms with Crippen LogP contribution in [0.2, 0.25) is 0 Å². The number of hydrogen-bond acceptors (Lipinski definition) is 8. The number of carbonyl (C=O) groups is 5. The van der Waals surface area contributed by atoms with Gasteiger partial charge in [0.1, 0.15) is 18.1 Å². The molecule has 12 nitrogen and oxygen atoms in total. The second-order valence-corrected chi connectivity index (χ2v) is 7.09. The Morgan fingerprint density at radius 1 is 0.897 bits per heavy atom. The van der Waals surface area contributed by atoms with Crippen LogP contribution in [0.5, 0.6) is 0 Å². The first-order valence-corrected chi connectivity index (χ1v) is 9.39. The molecule has 0 aliphatic rings. The zero-order valence-electron chi connectivity index (χ0n) is 16.1. The van der Waals surface area contributed by atoms with Crippen molar-refractivity contribution in [3.63, 3.8) is 0 Å². The molecule has 0 aliphatic carbocycles. The molecule has 29 heavy (non-hydrogen) atoms. The maximum atomic E-state index is 12.5. The van der Waals surface area contributed by atoms with Crippen molar-refractivity contribution in [1.29, 1.82) is 0 Å². The van der Waals surface area contributed by atoms with E-state index in [2.05, 4.69) is 28.6 Å². The number of hydrogen-bond donors (Lipinski definition) is 8. The summed E-state index contributed by atoms with van der Waals surface area (Å²) >= 11 is 3.80. The molecule has 8 N–H and O–H groups in total. The van der Waals surface area contributed by atoms with Gasteiger partial charge in [-0.15, -0.1) is 0 Å². The lowest BCUT2D eigenvalue weighted by molar-refractivity contribution is -0.142. The third-order valence-corrected chi connectivity index (χ3v) is 4.05. The summed E-state index contributed by atoms with van der Waals surface area (Å²) in [6.07, 6.45) is -0.491. The Labute approximate surface area is 173 Å². The summed E-state index contributed by atoms with van der Waals surface area (Å²) in [5.41, 5.74) is 5.48. The lowest BCUT2D eigenvalue weighted by atomic mass is 10.0. The fraction of sp³-hybridized carbons (Fsp3) is 0.688. The number of carboxylic acids is 2. The van der Waals surface area contributed by atoms with Crippen molar-refractivity contribution in [2.45, 2.75) is 50.9 Å². The van der Waals surface area contributed by atoms with Gasteiger partial charge in [-0.05, 0) is 12.3 Å². The smallest absolute Gasteiger partial charge is 0.327 e. The van der Waals surface area contributed by atoms with Crippen LogP contribution in [-0.4, -0.2) is 81.5 Å². The minimum Gasteiger partial charge on any atom is -0.481 e. The molecule has 0 fully saturated rings. The molecule has 3 amide bonds. The second kappa shape index (κ2) is 13.0. The van der Waals surface area contributed by atoms with Gasteiger partial charge in [0.25, 0.3) is 0 Å². The molecule has 0 saturated carbocycles. The topological polar surface area (TPSA) is 208 Å². The summed E-state index contributed by atoms with van der Waals surface area (Å²) in [5, 5.41) is 33.7. The molecule has 0 heterocycles. The Morgan fingerprint density at radius 3 is 1.79 bits per heavy atom. The summed E-state index contributed by atoms with van der Waals surface area (Å²) in [6, 6.07) is -5.32. The molecule has 4 atom stereocenters. The SMILES string of the molecule is CC(C)CC(NC(=O)C(N)CC(=O)O)C(=O)NC(CO)C(=O)NC(CS)C(=O)O. The van der Waals surface area contributed by atoms with E-state index in [-0.39, 0.29) is 18.1 Å². The highest BCUT2D eigenvalue weighted by molar-refractivity contribution is 7.80. The van der Waals surface area contributed by atoms with Gasteiger partial charge >= 0.3 is 11.9 Å². The van der Waals surface area contributed by atoms with E-state index in [1.54, 1.807) is 13.8 Å². The van der Waals surface area contributed by atoms with Gasteiger partial charge in [-0.2, -0.15) is 12.6 Å². The number of nitrogens with two attached hydrogens (primary N) is 1. The van der Waals surface area contributed by atoms with E-state index in [9.17, 15) is 29.1 Å². The minimum absolute atomic E-state index is 0.0660. The molecule has 0 rings (SSSR count). The molecular weight excluding hydrogens is 408 g/mol. The highest BCUT2D eigenvalue weighted by Crippen LogP contribution is 2.06. The molecule has 0 aromatic carbocycles. The Bertz CT molecular complexity index is 616. The van der Waals surface area contributed by atoms with Gasteiger partial charge < -0.3 is 37.0 Å². The maximum absolute atomic E-state index is 12.5. The van der Waals surface area contributed by atoms with Crippen LogP contribution < -0.4 is 21.7 Å². The Kier molecular flexibility index (Phi) is 11.9. The van der Waals surface area contributed by atoms with Crippen LogP contribution in [0.1, 0.15) is 26.7 Å². The first kappa shape index (κ1) is 26.6. The quantitative estimate of drug-likeness (QED) is 0.141. The van der Waals surface area contributed by atoms with Crippen LogP contribution in [0.4, 0.5) is 0 Å². The molecule has 0 saturated heterocycles. The fourth-order valence-electron chi connectivity index (χ4n) is 2.19. The molecule has 0 aromatic rings. The fourth-order valence-corrected chi connectivity index (χ4v) is 2.43. The largest absolute Gasteiger partial charge is 0.481 e. The van der Waals surface area contributed by atoms with E-state index in [0.29, 0.717) is 0 Å². The van der Waals surface area contributed by atoms with Gasteiger partial charge in [-0.1, -0.05) is 13.8 Å². The lowest BCUT2D eigenvalue weighted by Crippen LogP contribution is -2.58. The van der Waals surface area contributed by atoms with Crippen molar-refractivity contribution < 1.29 is 39.3 Å². The lowest BCUT2D eigenvalue weighted by Gasteiger charge is -2.24.